The zero-order valence-corrected chi connectivity index (χ0v) is 6.82. The van der Waals surface area contributed by atoms with E-state index in [1.165, 1.54) is 12.8 Å². The molecule has 0 spiro atoms. The Morgan fingerprint density at radius 2 is 2.55 bits per heavy atom. The first kappa shape index (κ1) is 8.31. The maximum atomic E-state index is 10.0. The average Bonchev–Trinajstić information content (AvgIpc) is 2.07. The molecule has 0 bridgehead atoms. The standard InChI is InChI=1S/C9H14O2/c1-8(11-7-10)9-5-3-2-4-6-9/h3,5,7-9H,2,4,6H2,1H3. The summed E-state index contributed by atoms with van der Waals surface area (Å²) in [4.78, 5) is 10.0. The average molecular weight is 154 g/mol. The van der Waals surface area contributed by atoms with E-state index in [0.717, 1.165) is 6.42 Å². The van der Waals surface area contributed by atoms with Crippen molar-refractivity contribution >= 4 is 6.47 Å². The minimum absolute atomic E-state index is 0.0454. The monoisotopic (exact) mass is 154 g/mol. The van der Waals surface area contributed by atoms with Gasteiger partial charge in [0.25, 0.3) is 6.47 Å². The Kier molecular flexibility index (Phi) is 3.14. The van der Waals surface area contributed by atoms with E-state index in [2.05, 4.69) is 12.2 Å². The molecule has 0 heterocycles. The van der Waals surface area contributed by atoms with E-state index in [9.17, 15) is 4.79 Å². The lowest BCUT2D eigenvalue weighted by atomic mass is 9.92. The molecule has 0 amide bonds. The van der Waals surface area contributed by atoms with Crippen LogP contribution < -0.4 is 0 Å². The molecule has 0 saturated carbocycles. The fourth-order valence-corrected chi connectivity index (χ4v) is 1.42. The highest BCUT2D eigenvalue weighted by Gasteiger charge is 2.16. The number of carbonyl (C=O) groups excluding carboxylic acids is 1. The first-order valence-electron chi connectivity index (χ1n) is 4.10. The summed E-state index contributed by atoms with van der Waals surface area (Å²) in [7, 11) is 0. The predicted octanol–water partition coefficient (Wildman–Crippen LogP) is 1.90. The molecule has 2 atom stereocenters. The van der Waals surface area contributed by atoms with Crippen LogP contribution in [0.3, 0.4) is 0 Å². The summed E-state index contributed by atoms with van der Waals surface area (Å²) in [6, 6.07) is 0. The van der Waals surface area contributed by atoms with Gasteiger partial charge in [-0.3, -0.25) is 4.79 Å². The molecular formula is C9H14O2. The lowest BCUT2D eigenvalue weighted by Crippen LogP contribution is -2.19. The number of rotatable bonds is 3. The highest BCUT2D eigenvalue weighted by atomic mass is 16.5. The van der Waals surface area contributed by atoms with Crippen LogP contribution in [0.5, 0.6) is 0 Å². The summed E-state index contributed by atoms with van der Waals surface area (Å²) in [5, 5.41) is 0. The molecule has 0 radical (unpaired) electrons. The third kappa shape index (κ3) is 2.37. The molecule has 0 aliphatic heterocycles. The molecule has 2 heteroatoms. The molecule has 62 valence electrons. The minimum Gasteiger partial charge on any atom is -0.464 e. The summed E-state index contributed by atoms with van der Waals surface area (Å²) in [6.07, 6.45) is 7.89. The molecular weight excluding hydrogens is 140 g/mol. The molecule has 2 nitrogen and oxygen atoms in total. The first-order valence-corrected chi connectivity index (χ1v) is 4.10. The van der Waals surface area contributed by atoms with Crippen molar-refractivity contribution in [2.24, 2.45) is 5.92 Å². The summed E-state index contributed by atoms with van der Waals surface area (Å²) < 4.78 is 4.85. The molecule has 0 saturated heterocycles. The van der Waals surface area contributed by atoms with Crippen LogP contribution >= 0.6 is 0 Å². The van der Waals surface area contributed by atoms with Crippen molar-refractivity contribution in [1.82, 2.24) is 0 Å². The summed E-state index contributed by atoms with van der Waals surface area (Å²) in [5.41, 5.74) is 0. The van der Waals surface area contributed by atoms with Crippen molar-refractivity contribution < 1.29 is 9.53 Å². The predicted molar refractivity (Wildman–Crippen MR) is 43.1 cm³/mol. The van der Waals surface area contributed by atoms with Gasteiger partial charge in [0.1, 0.15) is 6.10 Å². The van der Waals surface area contributed by atoms with E-state index in [1.54, 1.807) is 0 Å². The Hall–Kier alpha value is -0.790. The van der Waals surface area contributed by atoms with E-state index in [0.29, 0.717) is 12.4 Å². The van der Waals surface area contributed by atoms with Gasteiger partial charge >= 0.3 is 0 Å². The van der Waals surface area contributed by atoms with Crippen LogP contribution in [-0.2, 0) is 9.53 Å². The van der Waals surface area contributed by atoms with Crippen molar-refractivity contribution in [3.63, 3.8) is 0 Å². The summed E-state index contributed by atoms with van der Waals surface area (Å²) in [6.45, 7) is 2.47. The van der Waals surface area contributed by atoms with Gasteiger partial charge in [0.15, 0.2) is 0 Å². The normalized spacial score (nSPS) is 26.1. The lowest BCUT2D eigenvalue weighted by molar-refractivity contribution is -0.134. The number of hydrogen-bond donors (Lipinski definition) is 0. The van der Waals surface area contributed by atoms with Gasteiger partial charge in [0.05, 0.1) is 0 Å². The second-order valence-electron chi connectivity index (χ2n) is 2.96. The molecule has 1 aliphatic carbocycles. The van der Waals surface area contributed by atoms with Crippen LogP contribution in [0.2, 0.25) is 0 Å². The number of ether oxygens (including phenoxy) is 1. The maximum absolute atomic E-state index is 10.0. The van der Waals surface area contributed by atoms with Gasteiger partial charge < -0.3 is 4.74 Å². The fourth-order valence-electron chi connectivity index (χ4n) is 1.42. The molecule has 0 aromatic carbocycles. The van der Waals surface area contributed by atoms with Crippen LogP contribution in [-0.4, -0.2) is 12.6 Å². The third-order valence-corrected chi connectivity index (χ3v) is 2.16. The van der Waals surface area contributed by atoms with Gasteiger partial charge in [-0.15, -0.1) is 0 Å². The van der Waals surface area contributed by atoms with Gasteiger partial charge in [0, 0.05) is 5.92 Å². The number of allylic oxidation sites excluding steroid dienone is 1. The second kappa shape index (κ2) is 4.16. The largest absolute Gasteiger partial charge is 0.464 e. The zero-order valence-electron chi connectivity index (χ0n) is 6.82. The second-order valence-corrected chi connectivity index (χ2v) is 2.96. The molecule has 1 rings (SSSR count). The van der Waals surface area contributed by atoms with Crippen LogP contribution in [0.15, 0.2) is 12.2 Å². The quantitative estimate of drug-likeness (QED) is 0.458. The SMILES string of the molecule is CC(OC=O)C1C=CCCC1. The first-order chi connectivity index (χ1) is 5.34. The van der Waals surface area contributed by atoms with Gasteiger partial charge in [0.2, 0.25) is 0 Å². The van der Waals surface area contributed by atoms with Gasteiger partial charge in [-0.2, -0.15) is 0 Å². The minimum atomic E-state index is 0.0454. The Labute approximate surface area is 67.2 Å². The highest BCUT2D eigenvalue weighted by Crippen LogP contribution is 2.21. The fraction of sp³-hybridized carbons (Fsp3) is 0.667. The maximum Gasteiger partial charge on any atom is 0.293 e. The van der Waals surface area contributed by atoms with Gasteiger partial charge in [-0.05, 0) is 26.2 Å². The third-order valence-electron chi connectivity index (χ3n) is 2.16. The van der Waals surface area contributed by atoms with Crippen molar-refractivity contribution in [3.8, 4) is 0 Å². The molecule has 0 aromatic rings. The number of hydrogen-bond acceptors (Lipinski definition) is 2. The van der Waals surface area contributed by atoms with Crippen LogP contribution in [0, 0.1) is 5.92 Å². The zero-order chi connectivity index (χ0) is 8.10. The van der Waals surface area contributed by atoms with E-state index in [1.807, 2.05) is 6.92 Å². The van der Waals surface area contributed by atoms with Gasteiger partial charge in [-0.25, -0.2) is 0 Å². The van der Waals surface area contributed by atoms with Crippen molar-refractivity contribution in [3.05, 3.63) is 12.2 Å². The highest BCUT2D eigenvalue weighted by molar-refractivity contribution is 5.37. The van der Waals surface area contributed by atoms with Crippen LogP contribution in [0.4, 0.5) is 0 Å². The van der Waals surface area contributed by atoms with Crippen molar-refractivity contribution in [2.45, 2.75) is 32.3 Å². The van der Waals surface area contributed by atoms with Crippen LogP contribution in [0.25, 0.3) is 0 Å². The van der Waals surface area contributed by atoms with Crippen LogP contribution in [0.1, 0.15) is 26.2 Å². The topological polar surface area (TPSA) is 26.3 Å². The smallest absolute Gasteiger partial charge is 0.293 e. The van der Waals surface area contributed by atoms with E-state index in [-0.39, 0.29) is 6.10 Å². The van der Waals surface area contributed by atoms with E-state index >= 15 is 0 Å². The molecule has 0 fully saturated rings. The summed E-state index contributed by atoms with van der Waals surface area (Å²) in [5.74, 6) is 0.439. The number of carbonyl (C=O) groups is 1. The Morgan fingerprint density at radius 3 is 3.09 bits per heavy atom. The van der Waals surface area contributed by atoms with E-state index in [4.69, 9.17) is 4.74 Å². The molecule has 2 unspecified atom stereocenters. The van der Waals surface area contributed by atoms with Crippen molar-refractivity contribution in [2.75, 3.05) is 0 Å². The summed E-state index contributed by atoms with van der Waals surface area (Å²) >= 11 is 0. The molecule has 0 aromatic heterocycles. The Balaban J connectivity index is 2.38. The molecule has 0 N–H and O–H groups in total. The Morgan fingerprint density at radius 1 is 1.73 bits per heavy atom. The van der Waals surface area contributed by atoms with E-state index < -0.39 is 0 Å². The van der Waals surface area contributed by atoms with Gasteiger partial charge in [-0.1, -0.05) is 12.2 Å². The lowest BCUT2D eigenvalue weighted by Gasteiger charge is -2.21. The molecule has 1 aliphatic rings. The molecule has 11 heavy (non-hydrogen) atoms. The van der Waals surface area contributed by atoms with Crippen molar-refractivity contribution in [1.29, 1.82) is 0 Å². The Bertz CT molecular complexity index is 152.